The summed E-state index contributed by atoms with van der Waals surface area (Å²) in [4.78, 5) is 0. The third-order valence-corrected chi connectivity index (χ3v) is 4.95. The molecule has 0 bridgehead atoms. The lowest BCUT2D eigenvalue weighted by Crippen LogP contribution is -2.42. The Morgan fingerprint density at radius 1 is 1.35 bits per heavy atom. The summed E-state index contributed by atoms with van der Waals surface area (Å²) in [5.41, 5.74) is 0.954. The van der Waals surface area contributed by atoms with Crippen molar-refractivity contribution < 1.29 is 9.13 Å². The van der Waals surface area contributed by atoms with Crippen LogP contribution in [0.5, 0.6) is 5.75 Å². The molecule has 0 aromatic heterocycles. The molecule has 0 radical (unpaired) electrons. The lowest BCUT2D eigenvalue weighted by molar-refractivity contribution is 0.0328. The van der Waals surface area contributed by atoms with E-state index in [0.29, 0.717) is 0 Å². The Bertz CT molecular complexity index is 490. The normalized spacial score (nSPS) is 32.1. The molecule has 1 saturated carbocycles. The number of halogens is 1. The average molecular weight is 277 g/mol. The Morgan fingerprint density at radius 3 is 2.90 bits per heavy atom. The number of hydrogen-bond donors (Lipinski definition) is 1. The maximum atomic E-state index is 13.5. The van der Waals surface area contributed by atoms with E-state index in [4.69, 9.17) is 4.74 Å². The van der Waals surface area contributed by atoms with Gasteiger partial charge in [0.2, 0.25) is 0 Å². The lowest BCUT2D eigenvalue weighted by atomic mass is 9.85. The second-order valence-electron chi connectivity index (χ2n) is 6.30. The fraction of sp³-hybridized carbons (Fsp3) is 0.647. The zero-order valence-electron chi connectivity index (χ0n) is 12.4. The molecule has 1 aliphatic carbocycles. The van der Waals surface area contributed by atoms with Gasteiger partial charge in [-0.15, -0.1) is 0 Å². The van der Waals surface area contributed by atoms with Gasteiger partial charge in [-0.25, -0.2) is 4.39 Å². The van der Waals surface area contributed by atoms with Crippen LogP contribution < -0.4 is 10.1 Å². The molecule has 1 fully saturated rings. The first-order chi connectivity index (χ1) is 9.65. The van der Waals surface area contributed by atoms with E-state index in [2.05, 4.69) is 19.2 Å². The van der Waals surface area contributed by atoms with Crippen LogP contribution in [0.3, 0.4) is 0 Å². The van der Waals surface area contributed by atoms with Crippen molar-refractivity contribution in [3.05, 3.63) is 29.6 Å². The minimum atomic E-state index is -0.177. The van der Waals surface area contributed by atoms with Gasteiger partial charge in [-0.1, -0.05) is 20.3 Å². The summed E-state index contributed by atoms with van der Waals surface area (Å²) >= 11 is 0. The molecule has 2 nitrogen and oxygen atoms in total. The molecular formula is C17H24FNO. The molecule has 3 unspecified atom stereocenters. The Labute approximate surface area is 120 Å². The Hall–Kier alpha value is -1.09. The first-order valence-corrected chi connectivity index (χ1v) is 7.87. The summed E-state index contributed by atoms with van der Waals surface area (Å²) in [7, 11) is 0. The van der Waals surface area contributed by atoms with Crippen LogP contribution in [-0.4, -0.2) is 12.1 Å². The summed E-state index contributed by atoms with van der Waals surface area (Å²) in [6.07, 6.45) is 5.72. The summed E-state index contributed by atoms with van der Waals surface area (Å²) in [5, 5.41) is 3.51. The number of benzene rings is 1. The van der Waals surface area contributed by atoms with Crippen LogP contribution in [0.2, 0.25) is 0 Å². The molecule has 1 spiro atoms. The van der Waals surface area contributed by atoms with Crippen molar-refractivity contribution in [1.29, 1.82) is 0 Å². The van der Waals surface area contributed by atoms with Crippen molar-refractivity contribution in [2.24, 2.45) is 5.92 Å². The van der Waals surface area contributed by atoms with Crippen LogP contribution in [0.15, 0.2) is 18.2 Å². The van der Waals surface area contributed by atoms with Crippen LogP contribution in [-0.2, 0) is 0 Å². The monoisotopic (exact) mass is 277 g/mol. The third kappa shape index (κ3) is 2.44. The van der Waals surface area contributed by atoms with Crippen molar-refractivity contribution in [1.82, 2.24) is 5.32 Å². The number of hydrogen-bond acceptors (Lipinski definition) is 2. The highest BCUT2D eigenvalue weighted by atomic mass is 19.1. The molecule has 1 aromatic rings. The lowest BCUT2D eigenvalue weighted by Gasteiger charge is -2.40. The van der Waals surface area contributed by atoms with E-state index < -0.39 is 0 Å². The SMILES string of the molecule is CCNC1CC2(CCC(CC)C2)Oc2ccc(F)cc21. The van der Waals surface area contributed by atoms with E-state index in [1.807, 2.05) is 0 Å². The number of rotatable bonds is 3. The van der Waals surface area contributed by atoms with E-state index in [-0.39, 0.29) is 17.5 Å². The fourth-order valence-electron chi connectivity index (χ4n) is 3.89. The van der Waals surface area contributed by atoms with E-state index in [0.717, 1.165) is 43.0 Å². The molecule has 3 atom stereocenters. The predicted molar refractivity (Wildman–Crippen MR) is 78.4 cm³/mol. The summed E-state index contributed by atoms with van der Waals surface area (Å²) in [5.74, 6) is 1.48. The molecule has 1 aliphatic heterocycles. The first kappa shape index (κ1) is 13.9. The molecule has 0 saturated heterocycles. The predicted octanol–water partition coefficient (Wildman–Crippen LogP) is 4.21. The molecule has 0 amide bonds. The standard InChI is InChI=1S/C17H24FNO/c1-3-12-7-8-17(10-12)11-15(19-4-2)14-9-13(18)5-6-16(14)20-17/h5-6,9,12,15,19H,3-4,7-8,10-11H2,1-2H3. The van der Waals surface area contributed by atoms with Crippen LogP contribution in [0.25, 0.3) is 0 Å². The smallest absolute Gasteiger partial charge is 0.125 e. The Morgan fingerprint density at radius 2 is 2.20 bits per heavy atom. The third-order valence-electron chi connectivity index (χ3n) is 4.95. The molecule has 3 heteroatoms. The quantitative estimate of drug-likeness (QED) is 0.893. The maximum Gasteiger partial charge on any atom is 0.125 e. The van der Waals surface area contributed by atoms with E-state index in [1.54, 1.807) is 12.1 Å². The fourth-order valence-corrected chi connectivity index (χ4v) is 3.89. The van der Waals surface area contributed by atoms with Gasteiger partial charge in [-0.3, -0.25) is 0 Å². The highest BCUT2D eigenvalue weighted by molar-refractivity contribution is 5.39. The summed E-state index contributed by atoms with van der Waals surface area (Å²) in [6.45, 7) is 5.26. The van der Waals surface area contributed by atoms with Gasteiger partial charge in [0, 0.05) is 18.0 Å². The highest BCUT2D eigenvalue weighted by Gasteiger charge is 2.45. The summed E-state index contributed by atoms with van der Waals surface area (Å²) < 4.78 is 19.8. The van der Waals surface area contributed by atoms with Gasteiger partial charge in [0.05, 0.1) is 0 Å². The van der Waals surface area contributed by atoms with Crippen molar-refractivity contribution in [3.63, 3.8) is 0 Å². The van der Waals surface area contributed by atoms with Gasteiger partial charge in [0.15, 0.2) is 0 Å². The van der Waals surface area contributed by atoms with Gasteiger partial charge in [0.1, 0.15) is 17.2 Å². The van der Waals surface area contributed by atoms with Crippen molar-refractivity contribution in [3.8, 4) is 5.75 Å². The van der Waals surface area contributed by atoms with Crippen LogP contribution in [0.4, 0.5) is 4.39 Å². The van der Waals surface area contributed by atoms with Crippen molar-refractivity contribution >= 4 is 0 Å². The molecule has 20 heavy (non-hydrogen) atoms. The Balaban J connectivity index is 1.91. The molecule has 1 heterocycles. The van der Waals surface area contributed by atoms with Crippen molar-refractivity contribution in [2.45, 2.75) is 57.6 Å². The molecule has 2 aliphatic rings. The topological polar surface area (TPSA) is 21.3 Å². The number of ether oxygens (including phenoxy) is 1. The molecule has 1 N–H and O–H groups in total. The molecule has 3 rings (SSSR count). The van der Waals surface area contributed by atoms with Gasteiger partial charge >= 0.3 is 0 Å². The second-order valence-corrected chi connectivity index (χ2v) is 6.30. The number of fused-ring (bicyclic) bond motifs is 1. The minimum absolute atomic E-state index is 0.0294. The highest BCUT2D eigenvalue weighted by Crippen LogP contribution is 2.49. The molecule has 1 aromatic carbocycles. The van der Waals surface area contributed by atoms with E-state index in [1.165, 1.54) is 18.9 Å². The largest absolute Gasteiger partial charge is 0.487 e. The van der Waals surface area contributed by atoms with E-state index in [9.17, 15) is 4.39 Å². The van der Waals surface area contributed by atoms with Gasteiger partial charge < -0.3 is 10.1 Å². The zero-order valence-corrected chi connectivity index (χ0v) is 12.4. The van der Waals surface area contributed by atoms with Crippen LogP contribution in [0, 0.1) is 11.7 Å². The van der Waals surface area contributed by atoms with Gasteiger partial charge in [-0.05, 0) is 49.9 Å². The number of nitrogens with one attached hydrogen (secondary N) is 1. The van der Waals surface area contributed by atoms with Crippen LogP contribution >= 0.6 is 0 Å². The molecular weight excluding hydrogens is 253 g/mol. The van der Waals surface area contributed by atoms with Gasteiger partial charge in [-0.2, -0.15) is 0 Å². The van der Waals surface area contributed by atoms with Crippen molar-refractivity contribution in [2.75, 3.05) is 6.54 Å². The van der Waals surface area contributed by atoms with Gasteiger partial charge in [0.25, 0.3) is 0 Å². The zero-order chi connectivity index (χ0) is 14.2. The second kappa shape index (κ2) is 5.36. The Kier molecular flexibility index (Phi) is 3.72. The maximum absolute atomic E-state index is 13.5. The first-order valence-electron chi connectivity index (χ1n) is 7.87. The molecule has 110 valence electrons. The van der Waals surface area contributed by atoms with Crippen LogP contribution in [0.1, 0.15) is 57.6 Å². The summed E-state index contributed by atoms with van der Waals surface area (Å²) in [6, 6.07) is 5.15. The average Bonchev–Trinajstić information content (AvgIpc) is 2.83. The minimum Gasteiger partial charge on any atom is -0.487 e. The van der Waals surface area contributed by atoms with E-state index >= 15 is 0 Å².